The van der Waals surface area contributed by atoms with Gasteiger partial charge in [0.05, 0.1) is 23.0 Å². The van der Waals surface area contributed by atoms with Crippen molar-refractivity contribution in [2.75, 3.05) is 13.1 Å². The molecule has 0 radical (unpaired) electrons. The van der Waals surface area contributed by atoms with Gasteiger partial charge in [-0.3, -0.25) is 9.48 Å². The van der Waals surface area contributed by atoms with Gasteiger partial charge in [-0.25, -0.2) is 0 Å². The summed E-state index contributed by atoms with van der Waals surface area (Å²) in [6, 6.07) is 0.0932. The van der Waals surface area contributed by atoms with Crippen LogP contribution in [0.2, 0.25) is 0 Å². The first-order chi connectivity index (χ1) is 13.9. The largest absolute Gasteiger partial charge is 0.359 e. The van der Waals surface area contributed by atoms with Crippen LogP contribution in [0.1, 0.15) is 93.5 Å². The van der Waals surface area contributed by atoms with E-state index in [0.717, 1.165) is 60.8 Å². The van der Waals surface area contributed by atoms with Gasteiger partial charge in [0.1, 0.15) is 0 Å². The zero-order valence-electron chi connectivity index (χ0n) is 18.3. The van der Waals surface area contributed by atoms with E-state index in [0.29, 0.717) is 13.0 Å². The van der Waals surface area contributed by atoms with Gasteiger partial charge >= 0.3 is 0 Å². The monoisotopic (exact) mass is 416 g/mol. The average molecular weight is 417 g/mol. The lowest BCUT2D eigenvalue weighted by molar-refractivity contribution is 0.0907. The fraction of sp³-hybridized carbons (Fsp3) is 0.696. The van der Waals surface area contributed by atoms with Crippen molar-refractivity contribution in [3.63, 3.8) is 0 Å². The summed E-state index contributed by atoms with van der Waals surface area (Å²) in [5.74, 6) is 0.253. The predicted molar refractivity (Wildman–Crippen MR) is 122 cm³/mol. The highest BCUT2D eigenvalue weighted by Crippen LogP contribution is 2.41. The van der Waals surface area contributed by atoms with Gasteiger partial charge in [-0.2, -0.15) is 5.10 Å². The lowest BCUT2D eigenvalue weighted by atomic mass is 9.75. The van der Waals surface area contributed by atoms with Crippen molar-refractivity contribution in [1.29, 1.82) is 0 Å². The van der Waals surface area contributed by atoms with E-state index < -0.39 is 0 Å². The minimum absolute atomic E-state index is 0.00125. The van der Waals surface area contributed by atoms with E-state index >= 15 is 0 Å². The molecule has 1 N–H and O–H groups in total. The molecular formula is C23H36N4OS. The van der Waals surface area contributed by atoms with Crippen molar-refractivity contribution in [2.24, 2.45) is 5.41 Å². The number of thiocarbonyl (C=S) groups is 1. The highest BCUT2D eigenvalue weighted by atomic mass is 32.1. The van der Waals surface area contributed by atoms with Crippen LogP contribution >= 0.6 is 12.2 Å². The van der Waals surface area contributed by atoms with Crippen molar-refractivity contribution in [3.8, 4) is 0 Å². The number of unbranched alkanes of at least 4 members (excludes halogenated alkanes) is 3. The van der Waals surface area contributed by atoms with Crippen molar-refractivity contribution < 1.29 is 4.79 Å². The third-order valence-corrected chi connectivity index (χ3v) is 6.48. The molecule has 0 bridgehead atoms. The molecule has 1 aliphatic heterocycles. The number of likely N-dealkylation sites (tertiary alicyclic amines) is 1. The molecule has 6 heteroatoms. The molecule has 0 spiro atoms. The maximum Gasteiger partial charge on any atom is 0.169 e. The van der Waals surface area contributed by atoms with Crippen LogP contribution in [0.4, 0.5) is 0 Å². The van der Waals surface area contributed by atoms with E-state index in [4.69, 9.17) is 17.3 Å². The highest BCUT2D eigenvalue weighted by Gasteiger charge is 2.40. The lowest BCUT2D eigenvalue weighted by Crippen LogP contribution is -2.40. The number of nitrogens with one attached hydrogen (secondary N) is 1. The molecule has 0 saturated carbocycles. The molecule has 1 saturated heterocycles. The number of fused-ring (bicyclic) bond motifs is 1. The Morgan fingerprint density at radius 1 is 1.34 bits per heavy atom. The molecule has 2 heterocycles. The van der Waals surface area contributed by atoms with Gasteiger partial charge in [0.2, 0.25) is 0 Å². The van der Waals surface area contributed by atoms with Crippen LogP contribution in [-0.4, -0.2) is 38.7 Å². The highest BCUT2D eigenvalue weighted by molar-refractivity contribution is 7.80. The quantitative estimate of drug-likeness (QED) is 0.374. The summed E-state index contributed by atoms with van der Waals surface area (Å²) in [5.41, 5.74) is 2.99. The number of ketones is 1. The Bertz CT molecular complexity index is 767. The van der Waals surface area contributed by atoms with Crippen LogP contribution in [0.5, 0.6) is 0 Å². The van der Waals surface area contributed by atoms with E-state index in [1.54, 1.807) is 0 Å². The fourth-order valence-electron chi connectivity index (χ4n) is 4.70. The molecule has 5 nitrogen and oxygen atoms in total. The molecule has 1 aromatic rings. The number of carbonyl (C=O) groups excluding carboxylic acids is 1. The van der Waals surface area contributed by atoms with Crippen molar-refractivity contribution in [2.45, 2.75) is 84.7 Å². The minimum atomic E-state index is -0.00125. The fourth-order valence-corrected chi connectivity index (χ4v) is 5.00. The Labute approximate surface area is 180 Å². The Morgan fingerprint density at radius 2 is 2.14 bits per heavy atom. The smallest absolute Gasteiger partial charge is 0.169 e. The summed E-state index contributed by atoms with van der Waals surface area (Å²) < 4.78 is 2.15. The summed E-state index contributed by atoms with van der Waals surface area (Å²) in [5, 5.41) is 9.04. The normalized spacial score (nSPS) is 20.6. The first-order valence-corrected chi connectivity index (χ1v) is 11.6. The predicted octanol–water partition coefficient (Wildman–Crippen LogP) is 4.82. The summed E-state index contributed by atoms with van der Waals surface area (Å²) in [7, 11) is 0. The summed E-state index contributed by atoms with van der Waals surface area (Å²) in [6.07, 6.45) is 10.2. The van der Waals surface area contributed by atoms with Gasteiger partial charge in [-0.05, 0) is 43.3 Å². The number of rotatable bonds is 8. The standard InChI is InChI=1S/C23H36N4OS/c1-5-7-8-9-14-27-18-15-23(3,4)16-19(28)20(18)21(25-27)17-11-10-13-26(17)22(29)24-12-6-2/h6,17H,2,5,7-16H2,1,3-4H3,(H,24,29)/t17-/m1/s1. The maximum absolute atomic E-state index is 13.2. The molecule has 0 aromatic carbocycles. The van der Waals surface area contributed by atoms with E-state index in [2.05, 4.69) is 42.2 Å². The molecule has 1 fully saturated rings. The van der Waals surface area contributed by atoms with Crippen LogP contribution in [0, 0.1) is 5.41 Å². The molecule has 1 aliphatic carbocycles. The number of aromatic nitrogens is 2. The topological polar surface area (TPSA) is 50.2 Å². The zero-order valence-corrected chi connectivity index (χ0v) is 19.1. The number of hydrogen-bond donors (Lipinski definition) is 1. The van der Waals surface area contributed by atoms with Crippen molar-refractivity contribution in [1.82, 2.24) is 20.0 Å². The van der Waals surface area contributed by atoms with Crippen LogP contribution in [0.3, 0.4) is 0 Å². The van der Waals surface area contributed by atoms with Crippen LogP contribution in [0.25, 0.3) is 0 Å². The molecule has 160 valence electrons. The molecule has 1 aromatic heterocycles. The Hall–Kier alpha value is -1.69. The van der Waals surface area contributed by atoms with E-state index in [-0.39, 0.29) is 17.2 Å². The van der Waals surface area contributed by atoms with Crippen molar-refractivity contribution >= 4 is 23.1 Å². The zero-order chi connectivity index (χ0) is 21.0. The number of hydrogen-bond acceptors (Lipinski definition) is 3. The van der Waals surface area contributed by atoms with Gasteiger partial charge in [0.25, 0.3) is 0 Å². The summed E-state index contributed by atoms with van der Waals surface area (Å²) in [6.45, 7) is 12.8. The first kappa shape index (κ1) is 22.0. The maximum atomic E-state index is 13.2. The number of aryl methyl sites for hydroxylation is 1. The second kappa shape index (κ2) is 9.41. The Kier molecular flexibility index (Phi) is 7.14. The van der Waals surface area contributed by atoms with E-state index in [9.17, 15) is 4.79 Å². The molecule has 2 aliphatic rings. The average Bonchev–Trinajstić information content (AvgIpc) is 3.27. The third kappa shape index (κ3) is 4.90. The molecule has 29 heavy (non-hydrogen) atoms. The van der Waals surface area contributed by atoms with E-state index in [1.165, 1.54) is 19.3 Å². The van der Waals surface area contributed by atoms with Gasteiger partial charge in [0.15, 0.2) is 10.9 Å². The van der Waals surface area contributed by atoms with Crippen LogP contribution in [0.15, 0.2) is 12.7 Å². The van der Waals surface area contributed by atoms with Crippen molar-refractivity contribution in [3.05, 3.63) is 29.6 Å². The Morgan fingerprint density at radius 3 is 2.86 bits per heavy atom. The van der Waals surface area contributed by atoms with Gasteiger partial charge < -0.3 is 10.2 Å². The summed E-state index contributed by atoms with van der Waals surface area (Å²) >= 11 is 5.63. The molecule has 0 unspecified atom stereocenters. The molecule has 0 amide bonds. The summed E-state index contributed by atoms with van der Waals surface area (Å²) in [4.78, 5) is 15.4. The second-order valence-corrected chi connectivity index (χ2v) is 9.64. The van der Waals surface area contributed by atoms with E-state index in [1.807, 2.05) is 6.08 Å². The van der Waals surface area contributed by atoms with Crippen LogP contribution < -0.4 is 5.32 Å². The number of Topliss-reactive ketones (excluding diaryl/α,β-unsaturated/α-hetero) is 1. The molecule has 3 rings (SSSR count). The van der Waals surface area contributed by atoms with Gasteiger partial charge in [0, 0.05) is 26.1 Å². The Balaban J connectivity index is 1.92. The number of nitrogens with zero attached hydrogens (tertiary/aromatic N) is 3. The number of carbonyl (C=O) groups is 1. The first-order valence-electron chi connectivity index (χ1n) is 11.2. The van der Waals surface area contributed by atoms with Gasteiger partial charge in [-0.15, -0.1) is 6.58 Å². The molecule has 1 atom stereocenters. The van der Waals surface area contributed by atoms with Crippen LogP contribution in [-0.2, 0) is 13.0 Å². The molecular weight excluding hydrogens is 380 g/mol. The minimum Gasteiger partial charge on any atom is -0.359 e. The SMILES string of the molecule is C=CCNC(=S)N1CCC[C@@H]1c1nn(CCCCCC)c2c1C(=O)CC(C)(C)C2. The second-order valence-electron chi connectivity index (χ2n) is 9.26. The lowest BCUT2D eigenvalue weighted by Gasteiger charge is -2.30. The third-order valence-electron chi connectivity index (χ3n) is 6.10. The van der Waals surface area contributed by atoms with Gasteiger partial charge in [-0.1, -0.05) is 46.1 Å².